The number of para-hydroxylation sites is 1. The molecule has 0 radical (unpaired) electrons. The summed E-state index contributed by atoms with van der Waals surface area (Å²) in [5.74, 6) is -0.542. The van der Waals surface area contributed by atoms with Crippen LogP contribution < -0.4 is 9.47 Å². The number of imidazole rings is 1. The van der Waals surface area contributed by atoms with Crippen LogP contribution >= 0.6 is 0 Å². The van der Waals surface area contributed by atoms with Crippen LogP contribution in [0.3, 0.4) is 0 Å². The largest absolute Gasteiger partial charge is 0.503 e. The maximum Gasteiger partial charge on any atom is 0.290 e. The molecule has 0 bridgehead atoms. The summed E-state index contributed by atoms with van der Waals surface area (Å²) in [6.45, 7) is 3.36. The predicted molar refractivity (Wildman–Crippen MR) is 136 cm³/mol. The van der Waals surface area contributed by atoms with Crippen LogP contribution in [-0.2, 0) is 11.3 Å². The standard InChI is InChI=1S/C28H27N3O6/c1-3-36-20-10-8-18(9-11-20)24-23(25(32)22-16-19-6-4-7-21(35-2)27(19)37-22)26(33)28(34)31(24)14-5-13-30-15-12-29-17-30/h4,6-12,15-17,24,33H,3,5,13-14H2,1-2H3. The van der Waals surface area contributed by atoms with Crippen LogP contribution in [0.15, 0.2) is 83.0 Å². The Morgan fingerprint density at radius 2 is 1.97 bits per heavy atom. The van der Waals surface area contributed by atoms with Gasteiger partial charge in [-0.05, 0) is 43.2 Å². The molecular formula is C28H27N3O6. The third kappa shape index (κ3) is 4.55. The molecule has 1 atom stereocenters. The summed E-state index contributed by atoms with van der Waals surface area (Å²) in [5, 5.41) is 11.6. The number of rotatable bonds is 10. The van der Waals surface area contributed by atoms with Gasteiger partial charge in [-0.25, -0.2) is 4.98 Å². The Morgan fingerprint density at radius 3 is 2.68 bits per heavy atom. The van der Waals surface area contributed by atoms with E-state index in [-0.39, 0.29) is 11.3 Å². The lowest BCUT2D eigenvalue weighted by atomic mass is 9.95. The van der Waals surface area contributed by atoms with Gasteiger partial charge in [-0.3, -0.25) is 9.59 Å². The number of aryl methyl sites for hydroxylation is 1. The number of benzene rings is 2. The Kier molecular flexibility index (Phi) is 6.68. The highest BCUT2D eigenvalue weighted by molar-refractivity contribution is 6.16. The third-order valence-corrected chi connectivity index (χ3v) is 6.38. The Hall–Kier alpha value is -4.53. The van der Waals surface area contributed by atoms with Gasteiger partial charge in [-0.2, -0.15) is 0 Å². The van der Waals surface area contributed by atoms with Gasteiger partial charge in [0.25, 0.3) is 5.91 Å². The van der Waals surface area contributed by atoms with Gasteiger partial charge >= 0.3 is 0 Å². The molecule has 9 heteroatoms. The Balaban J connectivity index is 1.51. The van der Waals surface area contributed by atoms with Crippen LogP contribution in [0.1, 0.15) is 35.5 Å². The van der Waals surface area contributed by atoms with E-state index in [2.05, 4.69) is 4.98 Å². The second kappa shape index (κ2) is 10.2. The Morgan fingerprint density at radius 1 is 1.16 bits per heavy atom. The number of methoxy groups -OCH3 is 1. The second-order valence-corrected chi connectivity index (χ2v) is 8.64. The van der Waals surface area contributed by atoms with Gasteiger partial charge in [-0.1, -0.05) is 24.3 Å². The lowest BCUT2D eigenvalue weighted by Gasteiger charge is -2.27. The normalized spacial score (nSPS) is 15.6. The van der Waals surface area contributed by atoms with E-state index in [4.69, 9.17) is 13.9 Å². The average Bonchev–Trinajstić information content (AvgIpc) is 3.64. The highest BCUT2D eigenvalue weighted by Crippen LogP contribution is 2.40. The number of carbonyl (C=O) groups is 2. The highest BCUT2D eigenvalue weighted by atomic mass is 16.5. The highest BCUT2D eigenvalue weighted by Gasteiger charge is 2.44. The number of carbonyl (C=O) groups excluding carboxylic acids is 2. The molecule has 1 unspecified atom stereocenters. The van der Waals surface area contributed by atoms with Crippen molar-refractivity contribution in [1.29, 1.82) is 0 Å². The van der Waals surface area contributed by atoms with Crippen LogP contribution in [0.2, 0.25) is 0 Å². The summed E-state index contributed by atoms with van der Waals surface area (Å²) >= 11 is 0. The number of aromatic nitrogens is 2. The van der Waals surface area contributed by atoms with Crippen LogP contribution in [0.25, 0.3) is 11.0 Å². The first-order valence-corrected chi connectivity index (χ1v) is 12.1. The SMILES string of the molecule is CCOc1ccc(C2C(C(=O)c3cc4cccc(OC)c4o3)=C(O)C(=O)N2CCCn2ccnc2)cc1. The van der Waals surface area contributed by atoms with Gasteiger partial charge in [0.15, 0.2) is 22.9 Å². The average molecular weight is 502 g/mol. The molecule has 2 aromatic heterocycles. The van der Waals surface area contributed by atoms with Crippen molar-refractivity contribution in [3.8, 4) is 11.5 Å². The Bertz CT molecular complexity index is 1450. The van der Waals surface area contributed by atoms with Crippen molar-refractivity contribution in [2.45, 2.75) is 25.9 Å². The van der Waals surface area contributed by atoms with E-state index >= 15 is 0 Å². The van der Waals surface area contributed by atoms with E-state index in [0.717, 1.165) is 0 Å². The topological polar surface area (TPSA) is 107 Å². The summed E-state index contributed by atoms with van der Waals surface area (Å²) in [5.41, 5.74) is 1.09. The van der Waals surface area contributed by atoms with Gasteiger partial charge in [0, 0.05) is 30.9 Å². The maximum absolute atomic E-state index is 13.8. The molecule has 37 heavy (non-hydrogen) atoms. The molecule has 3 heterocycles. The molecule has 4 aromatic rings. The summed E-state index contributed by atoms with van der Waals surface area (Å²) in [6.07, 6.45) is 5.84. The molecule has 9 nitrogen and oxygen atoms in total. The smallest absolute Gasteiger partial charge is 0.290 e. The fourth-order valence-electron chi connectivity index (χ4n) is 4.66. The van der Waals surface area contributed by atoms with Gasteiger partial charge in [0.1, 0.15) is 5.75 Å². The number of Topliss-reactive ketones (excluding diaryl/α,β-unsaturated/α-hetero) is 1. The molecule has 190 valence electrons. The number of nitrogens with zero attached hydrogens (tertiary/aromatic N) is 3. The summed E-state index contributed by atoms with van der Waals surface area (Å²) < 4.78 is 18.7. The fourth-order valence-corrected chi connectivity index (χ4v) is 4.66. The molecule has 1 aliphatic rings. The van der Waals surface area contributed by atoms with E-state index in [0.29, 0.717) is 54.1 Å². The Labute approximate surface area is 213 Å². The van der Waals surface area contributed by atoms with Crippen molar-refractivity contribution in [2.24, 2.45) is 0 Å². The number of hydrogen-bond donors (Lipinski definition) is 1. The molecule has 0 aliphatic carbocycles. The van der Waals surface area contributed by atoms with Crippen LogP contribution in [0, 0.1) is 0 Å². The number of amides is 1. The lowest BCUT2D eigenvalue weighted by Crippen LogP contribution is -2.32. The van der Waals surface area contributed by atoms with Gasteiger partial charge < -0.3 is 28.5 Å². The first-order chi connectivity index (χ1) is 18.0. The van der Waals surface area contributed by atoms with E-state index in [1.807, 2.05) is 17.7 Å². The second-order valence-electron chi connectivity index (χ2n) is 8.64. The maximum atomic E-state index is 13.8. The number of aliphatic hydroxyl groups excluding tert-OH is 1. The minimum atomic E-state index is -0.784. The van der Waals surface area contributed by atoms with Gasteiger partial charge in [0.2, 0.25) is 5.78 Å². The summed E-state index contributed by atoms with van der Waals surface area (Å²) in [6, 6.07) is 13.3. The first-order valence-electron chi connectivity index (χ1n) is 12.1. The van der Waals surface area contributed by atoms with E-state index in [1.54, 1.807) is 61.1 Å². The molecule has 1 aliphatic heterocycles. The molecule has 5 rings (SSSR count). The molecule has 0 spiro atoms. The van der Waals surface area contributed by atoms with E-state index < -0.39 is 23.5 Å². The molecule has 2 aromatic carbocycles. The molecular weight excluding hydrogens is 474 g/mol. The minimum Gasteiger partial charge on any atom is -0.503 e. The van der Waals surface area contributed by atoms with Crippen molar-refractivity contribution >= 4 is 22.7 Å². The van der Waals surface area contributed by atoms with E-state index in [1.165, 1.54) is 12.0 Å². The summed E-state index contributed by atoms with van der Waals surface area (Å²) in [4.78, 5) is 32.6. The van der Waals surface area contributed by atoms with Crippen molar-refractivity contribution in [3.05, 3.63) is 89.9 Å². The zero-order chi connectivity index (χ0) is 25.9. The monoisotopic (exact) mass is 501 g/mol. The molecule has 1 amide bonds. The summed E-state index contributed by atoms with van der Waals surface area (Å²) in [7, 11) is 1.52. The quantitative estimate of drug-likeness (QED) is 0.314. The number of ether oxygens (including phenoxy) is 2. The van der Waals surface area contributed by atoms with Crippen LogP contribution in [0.4, 0.5) is 0 Å². The zero-order valence-corrected chi connectivity index (χ0v) is 20.6. The molecule has 0 saturated heterocycles. The number of fused-ring (bicyclic) bond motifs is 1. The predicted octanol–water partition coefficient (Wildman–Crippen LogP) is 4.71. The number of hydrogen-bond acceptors (Lipinski definition) is 7. The lowest BCUT2D eigenvalue weighted by molar-refractivity contribution is -0.129. The third-order valence-electron chi connectivity index (χ3n) is 6.38. The van der Waals surface area contributed by atoms with Crippen molar-refractivity contribution < 1.29 is 28.6 Å². The minimum absolute atomic E-state index is 0.0186. The van der Waals surface area contributed by atoms with Crippen molar-refractivity contribution in [3.63, 3.8) is 0 Å². The molecule has 0 saturated carbocycles. The number of ketones is 1. The van der Waals surface area contributed by atoms with Gasteiger partial charge in [0.05, 0.1) is 31.7 Å². The van der Waals surface area contributed by atoms with Crippen LogP contribution in [0.5, 0.6) is 11.5 Å². The van der Waals surface area contributed by atoms with Crippen molar-refractivity contribution in [2.75, 3.05) is 20.3 Å². The number of furan rings is 1. The zero-order valence-electron chi connectivity index (χ0n) is 20.6. The van der Waals surface area contributed by atoms with Crippen molar-refractivity contribution in [1.82, 2.24) is 14.5 Å². The van der Waals surface area contributed by atoms with E-state index in [9.17, 15) is 14.7 Å². The number of aliphatic hydroxyl groups is 1. The first kappa shape index (κ1) is 24.2. The molecule has 1 N–H and O–H groups in total. The fraction of sp³-hybridized carbons (Fsp3) is 0.250. The van der Waals surface area contributed by atoms with Gasteiger partial charge in [-0.15, -0.1) is 0 Å². The van der Waals surface area contributed by atoms with Crippen LogP contribution in [-0.4, -0.2) is 51.5 Å². The molecule has 0 fully saturated rings.